The van der Waals surface area contributed by atoms with E-state index in [1.54, 1.807) is 24.2 Å². The van der Waals surface area contributed by atoms with Gasteiger partial charge < -0.3 is 9.47 Å². The summed E-state index contributed by atoms with van der Waals surface area (Å²) in [6, 6.07) is 25.2. The number of benzene rings is 3. The minimum Gasteiger partial charge on any atom is -0.493 e. The first-order valence-electron chi connectivity index (χ1n) is 11.1. The lowest BCUT2D eigenvalue weighted by atomic mass is 10.1. The average Bonchev–Trinajstić information content (AvgIpc) is 3.32. The Balaban J connectivity index is 1.42. The van der Waals surface area contributed by atoms with E-state index in [-0.39, 0.29) is 17.5 Å². The number of fused-ring (bicyclic) bond motifs is 1. The highest BCUT2D eigenvalue weighted by atomic mass is 32.2. The van der Waals surface area contributed by atoms with Crippen LogP contribution in [0.15, 0.2) is 94.8 Å². The van der Waals surface area contributed by atoms with Gasteiger partial charge in [0.25, 0.3) is 5.91 Å². The standard InChI is InChI=1S/C28H23N3O3S/c1-18(20-9-5-3-6-10-20)34-24-14-13-19(16-25(24)33-2)15-22-26(29)31-23(21-11-7-4-8-12-21)17-35-28(31)30-27(22)32/h3-18,29H,1-2H3/b22-15-,29-26?/t18-/m0/s1. The van der Waals surface area contributed by atoms with Gasteiger partial charge in [0.05, 0.1) is 18.4 Å². The Morgan fingerprint density at radius 2 is 1.71 bits per heavy atom. The highest BCUT2D eigenvalue weighted by molar-refractivity contribution is 8.17. The maximum atomic E-state index is 12.8. The predicted octanol–water partition coefficient (Wildman–Crippen LogP) is 6.14. The van der Waals surface area contributed by atoms with Gasteiger partial charge >= 0.3 is 0 Å². The normalized spacial score (nSPS) is 17.1. The number of aliphatic imine (C=N–C) groups is 1. The van der Waals surface area contributed by atoms with E-state index in [1.165, 1.54) is 11.8 Å². The number of ether oxygens (including phenoxy) is 2. The highest BCUT2D eigenvalue weighted by Crippen LogP contribution is 2.38. The molecule has 2 aliphatic rings. The van der Waals surface area contributed by atoms with Crippen LogP contribution >= 0.6 is 11.8 Å². The molecule has 1 N–H and O–H groups in total. The number of hydrogen-bond donors (Lipinski definition) is 1. The van der Waals surface area contributed by atoms with E-state index < -0.39 is 5.91 Å². The number of hydrogen-bond acceptors (Lipinski definition) is 5. The number of nitrogens with one attached hydrogen (secondary N) is 1. The van der Waals surface area contributed by atoms with E-state index >= 15 is 0 Å². The van der Waals surface area contributed by atoms with Crippen LogP contribution in [0.25, 0.3) is 11.8 Å². The van der Waals surface area contributed by atoms with Crippen molar-refractivity contribution in [2.75, 3.05) is 7.11 Å². The molecule has 3 aromatic carbocycles. The zero-order valence-corrected chi connectivity index (χ0v) is 20.1. The summed E-state index contributed by atoms with van der Waals surface area (Å²) < 4.78 is 11.7. The smallest absolute Gasteiger partial charge is 0.283 e. The molecule has 0 spiro atoms. The third-order valence-electron chi connectivity index (χ3n) is 5.76. The first kappa shape index (κ1) is 22.7. The summed E-state index contributed by atoms with van der Waals surface area (Å²) in [4.78, 5) is 18.7. The fourth-order valence-corrected chi connectivity index (χ4v) is 4.82. The van der Waals surface area contributed by atoms with Crippen LogP contribution in [-0.4, -0.2) is 28.9 Å². The van der Waals surface area contributed by atoms with Crippen LogP contribution in [0.1, 0.15) is 29.7 Å². The van der Waals surface area contributed by atoms with Crippen molar-refractivity contribution in [1.82, 2.24) is 4.90 Å². The molecular weight excluding hydrogens is 458 g/mol. The number of thioether (sulfide) groups is 1. The number of carbonyl (C=O) groups excluding carboxylic acids is 1. The quantitative estimate of drug-likeness (QED) is 0.428. The number of amides is 1. The van der Waals surface area contributed by atoms with Gasteiger partial charge in [-0.05, 0) is 41.8 Å². The molecule has 0 radical (unpaired) electrons. The summed E-state index contributed by atoms with van der Waals surface area (Å²) >= 11 is 1.35. The molecule has 0 saturated heterocycles. The second-order valence-corrected chi connectivity index (χ2v) is 8.85. The Morgan fingerprint density at radius 3 is 2.43 bits per heavy atom. The molecule has 5 rings (SSSR count). The molecule has 0 unspecified atom stereocenters. The van der Waals surface area contributed by atoms with Gasteiger partial charge in [-0.25, -0.2) is 0 Å². The number of carbonyl (C=O) groups is 1. The van der Waals surface area contributed by atoms with E-state index in [1.807, 2.05) is 85.1 Å². The zero-order valence-electron chi connectivity index (χ0n) is 19.3. The number of amidine groups is 2. The van der Waals surface area contributed by atoms with Gasteiger partial charge in [-0.1, -0.05) is 78.5 Å². The molecule has 0 aromatic heterocycles. The largest absolute Gasteiger partial charge is 0.493 e. The van der Waals surface area contributed by atoms with Gasteiger partial charge in [0.2, 0.25) is 0 Å². The molecule has 174 valence electrons. The Bertz CT molecular complexity index is 1380. The lowest BCUT2D eigenvalue weighted by Crippen LogP contribution is -2.38. The van der Waals surface area contributed by atoms with Crippen molar-refractivity contribution in [3.63, 3.8) is 0 Å². The fourth-order valence-electron chi connectivity index (χ4n) is 3.93. The van der Waals surface area contributed by atoms with Crippen LogP contribution in [0.2, 0.25) is 0 Å². The second kappa shape index (κ2) is 9.64. The van der Waals surface area contributed by atoms with Gasteiger partial charge in [-0.3, -0.25) is 15.1 Å². The summed E-state index contributed by atoms with van der Waals surface area (Å²) in [5.74, 6) is 0.801. The monoisotopic (exact) mass is 481 g/mol. The maximum absolute atomic E-state index is 12.8. The maximum Gasteiger partial charge on any atom is 0.283 e. The Hall–Kier alpha value is -4.10. The lowest BCUT2D eigenvalue weighted by molar-refractivity contribution is -0.114. The van der Waals surface area contributed by atoms with E-state index in [2.05, 4.69) is 4.99 Å². The molecule has 6 nitrogen and oxygen atoms in total. The van der Waals surface area contributed by atoms with E-state index in [9.17, 15) is 4.79 Å². The lowest BCUT2D eigenvalue weighted by Gasteiger charge is -2.27. The number of rotatable bonds is 6. The topological polar surface area (TPSA) is 75.0 Å². The fraction of sp³-hybridized carbons (Fsp3) is 0.107. The molecular formula is C28H23N3O3S. The molecule has 0 fully saturated rings. The number of nitrogens with zero attached hydrogens (tertiary/aromatic N) is 2. The average molecular weight is 482 g/mol. The van der Waals surface area contributed by atoms with Crippen molar-refractivity contribution in [3.05, 3.63) is 107 Å². The van der Waals surface area contributed by atoms with Crippen LogP contribution in [0.4, 0.5) is 0 Å². The molecule has 3 aromatic rings. The summed E-state index contributed by atoms with van der Waals surface area (Å²) in [6.45, 7) is 1.98. The molecule has 2 heterocycles. The van der Waals surface area contributed by atoms with Crippen LogP contribution < -0.4 is 9.47 Å². The first-order valence-corrected chi connectivity index (χ1v) is 12.0. The summed E-state index contributed by atoms with van der Waals surface area (Å²) in [6.07, 6.45) is 1.51. The third-order valence-corrected chi connectivity index (χ3v) is 6.58. The van der Waals surface area contributed by atoms with Gasteiger partial charge in [-0.2, -0.15) is 4.99 Å². The summed E-state index contributed by atoms with van der Waals surface area (Å²) in [7, 11) is 1.58. The summed E-state index contributed by atoms with van der Waals surface area (Å²) in [5, 5.41) is 11.2. The molecule has 1 atom stereocenters. The SMILES string of the molecule is COc1cc(/C=C2/C(=N)N3C(c4ccccc4)=CSC3=NC2=O)ccc1O[C@@H](C)c1ccccc1. The molecule has 0 saturated carbocycles. The van der Waals surface area contributed by atoms with E-state index in [4.69, 9.17) is 14.9 Å². The molecule has 1 amide bonds. The molecule has 0 aliphatic carbocycles. The van der Waals surface area contributed by atoms with E-state index in [0.29, 0.717) is 22.2 Å². The van der Waals surface area contributed by atoms with Crippen molar-refractivity contribution in [3.8, 4) is 11.5 Å². The minimum atomic E-state index is -0.437. The highest BCUT2D eigenvalue weighted by Gasteiger charge is 2.36. The van der Waals surface area contributed by atoms with Crippen molar-refractivity contribution < 1.29 is 14.3 Å². The van der Waals surface area contributed by atoms with Crippen molar-refractivity contribution in [2.24, 2.45) is 4.99 Å². The van der Waals surface area contributed by atoms with Crippen molar-refractivity contribution >= 4 is 40.4 Å². The molecule has 35 heavy (non-hydrogen) atoms. The molecule has 2 aliphatic heterocycles. The molecule has 0 bridgehead atoms. The minimum absolute atomic E-state index is 0.0945. The zero-order chi connectivity index (χ0) is 24.4. The number of methoxy groups -OCH3 is 1. The third kappa shape index (κ3) is 4.50. The Kier molecular flexibility index (Phi) is 6.25. The predicted molar refractivity (Wildman–Crippen MR) is 140 cm³/mol. The van der Waals surface area contributed by atoms with Gasteiger partial charge in [0, 0.05) is 5.41 Å². The van der Waals surface area contributed by atoms with Gasteiger partial charge in [-0.15, -0.1) is 0 Å². The Labute approximate surface area is 208 Å². The van der Waals surface area contributed by atoms with Gasteiger partial charge in [0.1, 0.15) is 11.9 Å². The molecule has 7 heteroatoms. The van der Waals surface area contributed by atoms with Gasteiger partial charge in [0.15, 0.2) is 16.7 Å². The summed E-state index contributed by atoms with van der Waals surface area (Å²) in [5.41, 5.74) is 3.77. The van der Waals surface area contributed by atoms with Crippen LogP contribution in [0, 0.1) is 5.41 Å². The van der Waals surface area contributed by atoms with Crippen LogP contribution in [0.5, 0.6) is 11.5 Å². The van der Waals surface area contributed by atoms with Crippen LogP contribution in [0.3, 0.4) is 0 Å². The van der Waals surface area contributed by atoms with E-state index in [0.717, 1.165) is 16.8 Å². The van der Waals surface area contributed by atoms with Crippen LogP contribution in [-0.2, 0) is 4.79 Å². The van der Waals surface area contributed by atoms with Crippen molar-refractivity contribution in [1.29, 1.82) is 5.41 Å². The first-order chi connectivity index (χ1) is 17.0. The Morgan fingerprint density at radius 1 is 1.00 bits per heavy atom. The second-order valence-electron chi connectivity index (χ2n) is 8.01. The van der Waals surface area contributed by atoms with Crippen molar-refractivity contribution in [2.45, 2.75) is 13.0 Å².